The predicted molar refractivity (Wildman–Crippen MR) is 127 cm³/mol. The second kappa shape index (κ2) is 9.62. The SMILES string of the molecule is CC(C)C(=O)N1CCN(c2ccc(-c3ccc(C(F)(F)F)cc3)c(-c3ccncc3Cl)n2)CC1. The molecule has 1 saturated heterocycles. The molecule has 0 saturated carbocycles. The van der Waals surface area contributed by atoms with Gasteiger partial charge in [0.2, 0.25) is 5.91 Å². The van der Waals surface area contributed by atoms with Gasteiger partial charge in [-0.1, -0.05) is 37.6 Å². The quantitative estimate of drug-likeness (QED) is 0.466. The molecule has 0 atom stereocenters. The molecule has 0 spiro atoms. The molecule has 0 N–H and O–H groups in total. The third kappa shape index (κ3) is 5.01. The third-order valence-electron chi connectivity index (χ3n) is 5.84. The highest BCUT2D eigenvalue weighted by atomic mass is 35.5. The standard InChI is InChI=1S/C25H24ClF3N4O/c1-16(2)24(34)33-13-11-32(12-14-33)22-8-7-19(17-3-5-18(6-4-17)25(27,28)29)23(31-22)20-9-10-30-15-21(20)26/h3-10,15-16H,11-14H2,1-2H3. The average molecular weight is 489 g/mol. The van der Waals surface area contributed by atoms with Crippen LogP contribution in [-0.4, -0.2) is 47.0 Å². The molecule has 1 aliphatic heterocycles. The summed E-state index contributed by atoms with van der Waals surface area (Å²) in [5, 5.41) is 0.396. The number of anilines is 1. The molecule has 0 unspecified atom stereocenters. The maximum absolute atomic E-state index is 13.0. The highest BCUT2D eigenvalue weighted by Crippen LogP contribution is 2.37. The van der Waals surface area contributed by atoms with Crippen LogP contribution in [0.15, 0.2) is 54.9 Å². The molecule has 1 fully saturated rings. The van der Waals surface area contributed by atoms with Crippen molar-refractivity contribution >= 4 is 23.3 Å². The first-order valence-electron chi connectivity index (χ1n) is 11.0. The van der Waals surface area contributed by atoms with Crippen LogP contribution in [0, 0.1) is 5.92 Å². The number of piperazine rings is 1. The summed E-state index contributed by atoms with van der Waals surface area (Å²) in [4.78, 5) is 25.2. The molecule has 0 radical (unpaired) electrons. The molecule has 9 heteroatoms. The van der Waals surface area contributed by atoms with Crippen molar-refractivity contribution in [3.63, 3.8) is 0 Å². The zero-order valence-electron chi connectivity index (χ0n) is 18.8. The predicted octanol–water partition coefficient (Wildman–Crippen LogP) is 5.79. The Kier molecular flexibility index (Phi) is 6.79. The van der Waals surface area contributed by atoms with E-state index in [1.54, 1.807) is 12.3 Å². The number of hydrogen-bond donors (Lipinski definition) is 0. The fourth-order valence-corrected chi connectivity index (χ4v) is 4.20. The number of amides is 1. The van der Waals surface area contributed by atoms with Gasteiger partial charge in [-0.2, -0.15) is 13.2 Å². The molecule has 5 nitrogen and oxygen atoms in total. The van der Waals surface area contributed by atoms with Gasteiger partial charge in [-0.15, -0.1) is 0 Å². The zero-order chi connectivity index (χ0) is 24.5. The molecule has 1 amide bonds. The Balaban J connectivity index is 1.69. The van der Waals surface area contributed by atoms with Crippen molar-refractivity contribution in [2.45, 2.75) is 20.0 Å². The van der Waals surface area contributed by atoms with Gasteiger partial charge in [-0.3, -0.25) is 9.78 Å². The van der Waals surface area contributed by atoms with E-state index >= 15 is 0 Å². The van der Waals surface area contributed by atoms with Crippen molar-refractivity contribution in [2.75, 3.05) is 31.1 Å². The summed E-state index contributed by atoms with van der Waals surface area (Å²) in [6, 6.07) is 10.4. The first-order chi connectivity index (χ1) is 16.1. The normalized spacial score (nSPS) is 14.6. The fourth-order valence-electron chi connectivity index (χ4n) is 3.99. The van der Waals surface area contributed by atoms with Gasteiger partial charge in [0.05, 0.1) is 16.3 Å². The number of benzene rings is 1. The van der Waals surface area contributed by atoms with Gasteiger partial charge in [-0.05, 0) is 35.9 Å². The van der Waals surface area contributed by atoms with Crippen molar-refractivity contribution in [1.29, 1.82) is 0 Å². The van der Waals surface area contributed by atoms with E-state index in [2.05, 4.69) is 9.88 Å². The van der Waals surface area contributed by atoms with Crippen molar-refractivity contribution in [1.82, 2.24) is 14.9 Å². The summed E-state index contributed by atoms with van der Waals surface area (Å²) >= 11 is 6.42. The lowest BCUT2D eigenvalue weighted by Gasteiger charge is -2.36. The second-order valence-electron chi connectivity index (χ2n) is 8.46. The lowest BCUT2D eigenvalue weighted by atomic mass is 9.98. The van der Waals surface area contributed by atoms with E-state index in [0.717, 1.165) is 18.0 Å². The number of carbonyl (C=O) groups is 1. The van der Waals surface area contributed by atoms with Crippen LogP contribution in [-0.2, 0) is 11.0 Å². The van der Waals surface area contributed by atoms with E-state index < -0.39 is 11.7 Å². The Morgan fingerprint density at radius 2 is 1.65 bits per heavy atom. The van der Waals surface area contributed by atoms with Gasteiger partial charge in [-0.25, -0.2) is 4.98 Å². The number of pyridine rings is 2. The molecule has 1 aromatic carbocycles. The Hall–Kier alpha value is -3.13. The van der Waals surface area contributed by atoms with E-state index in [0.29, 0.717) is 53.6 Å². The van der Waals surface area contributed by atoms with Gasteiger partial charge in [0, 0.05) is 55.6 Å². The van der Waals surface area contributed by atoms with E-state index in [1.807, 2.05) is 30.9 Å². The van der Waals surface area contributed by atoms with E-state index in [4.69, 9.17) is 16.6 Å². The lowest BCUT2D eigenvalue weighted by molar-refractivity contribution is -0.137. The van der Waals surface area contributed by atoms with E-state index in [9.17, 15) is 18.0 Å². The summed E-state index contributed by atoms with van der Waals surface area (Å²) < 4.78 is 39.1. The van der Waals surface area contributed by atoms with E-state index in [1.165, 1.54) is 18.3 Å². The summed E-state index contributed by atoms with van der Waals surface area (Å²) in [6.45, 7) is 6.25. The van der Waals surface area contributed by atoms with Gasteiger partial charge in [0.15, 0.2) is 0 Å². The molecule has 1 aliphatic rings. The van der Waals surface area contributed by atoms with Gasteiger partial charge in [0.25, 0.3) is 0 Å². The highest BCUT2D eigenvalue weighted by Gasteiger charge is 2.30. The number of rotatable bonds is 4. The van der Waals surface area contributed by atoms with Crippen molar-refractivity contribution < 1.29 is 18.0 Å². The lowest BCUT2D eigenvalue weighted by Crippen LogP contribution is -2.50. The Labute approximate surface area is 201 Å². The summed E-state index contributed by atoms with van der Waals surface area (Å²) in [5.41, 5.74) is 1.76. The zero-order valence-corrected chi connectivity index (χ0v) is 19.6. The van der Waals surface area contributed by atoms with Gasteiger partial charge in [0.1, 0.15) is 5.82 Å². The number of aromatic nitrogens is 2. The molecule has 3 aromatic rings. The van der Waals surface area contributed by atoms with Crippen molar-refractivity contribution in [2.24, 2.45) is 5.92 Å². The summed E-state index contributed by atoms with van der Waals surface area (Å²) in [6.07, 6.45) is -1.29. The van der Waals surface area contributed by atoms with E-state index in [-0.39, 0.29) is 11.8 Å². The Morgan fingerprint density at radius 1 is 0.971 bits per heavy atom. The molecular formula is C25H24ClF3N4O. The number of carbonyl (C=O) groups excluding carboxylic acids is 1. The minimum absolute atomic E-state index is 0.0480. The molecule has 34 heavy (non-hydrogen) atoms. The smallest absolute Gasteiger partial charge is 0.353 e. The largest absolute Gasteiger partial charge is 0.416 e. The van der Waals surface area contributed by atoms with Crippen LogP contribution >= 0.6 is 11.6 Å². The van der Waals surface area contributed by atoms with Crippen LogP contribution in [0.1, 0.15) is 19.4 Å². The van der Waals surface area contributed by atoms with Crippen LogP contribution in [0.4, 0.5) is 19.0 Å². The topological polar surface area (TPSA) is 49.3 Å². The maximum atomic E-state index is 13.0. The first-order valence-corrected chi connectivity index (χ1v) is 11.3. The third-order valence-corrected chi connectivity index (χ3v) is 6.14. The maximum Gasteiger partial charge on any atom is 0.416 e. The fraction of sp³-hybridized carbons (Fsp3) is 0.320. The van der Waals surface area contributed by atoms with Crippen LogP contribution in [0.25, 0.3) is 22.4 Å². The average Bonchev–Trinajstić information content (AvgIpc) is 2.83. The highest BCUT2D eigenvalue weighted by molar-refractivity contribution is 6.33. The number of alkyl halides is 3. The second-order valence-corrected chi connectivity index (χ2v) is 8.87. The first kappa shape index (κ1) is 24.0. The van der Waals surface area contributed by atoms with Crippen LogP contribution in [0.3, 0.4) is 0 Å². The van der Waals surface area contributed by atoms with Gasteiger partial charge < -0.3 is 9.80 Å². The molecule has 2 aromatic heterocycles. The molecule has 0 bridgehead atoms. The van der Waals surface area contributed by atoms with Gasteiger partial charge >= 0.3 is 6.18 Å². The molecule has 178 valence electrons. The van der Waals surface area contributed by atoms with Crippen molar-refractivity contribution in [3.8, 4) is 22.4 Å². The number of nitrogens with zero attached hydrogens (tertiary/aromatic N) is 4. The minimum atomic E-state index is -4.41. The number of halogens is 4. The Morgan fingerprint density at radius 3 is 2.24 bits per heavy atom. The van der Waals surface area contributed by atoms with Crippen LogP contribution < -0.4 is 4.90 Å². The van der Waals surface area contributed by atoms with Crippen LogP contribution in [0.2, 0.25) is 5.02 Å². The van der Waals surface area contributed by atoms with Crippen LogP contribution in [0.5, 0.6) is 0 Å². The molecule has 0 aliphatic carbocycles. The Bertz CT molecular complexity index is 1170. The molecular weight excluding hydrogens is 465 g/mol. The van der Waals surface area contributed by atoms with Crippen molar-refractivity contribution in [3.05, 3.63) is 65.4 Å². The number of hydrogen-bond acceptors (Lipinski definition) is 4. The summed E-state index contributed by atoms with van der Waals surface area (Å²) in [7, 11) is 0. The molecule has 3 heterocycles. The minimum Gasteiger partial charge on any atom is -0.353 e. The molecule has 4 rings (SSSR count). The summed E-state index contributed by atoms with van der Waals surface area (Å²) in [5.74, 6) is 0.804. The monoisotopic (exact) mass is 488 g/mol.